The van der Waals surface area contributed by atoms with E-state index in [-0.39, 0.29) is 4.81 Å². The zero-order chi connectivity index (χ0) is 12.8. The van der Waals surface area contributed by atoms with Gasteiger partial charge < -0.3 is 0 Å². The second-order valence-corrected chi connectivity index (χ2v) is 4.83. The molecule has 2 aromatic carbocycles. The zero-order valence-electron chi connectivity index (χ0n) is 9.95. The van der Waals surface area contributed by atoms with Gasteiger partial charge in [0, 0.05) is 0 Å². The van der Waals surface area contributed by atoms with Crippen molar-refractivity contribution < 1.29 is 4.79 Å². The second kappa shape index (κ2) is 6.39. The van der Waals surface area contributed by atoms with Gasteiger partial charge in [-0.2, -0.15) is 0 Å². The summed E-state index contributed by atoms with van der Waals surface area (Å²) in [6, 6.07) is 20.0. The predicted molar refractivity (Wildman–Crippen MR) is 73.3 cm³/mol. The van der Waals surface area contributed by atoms with Gasteiger partial charge in [0.1, 0.15) is 0 Å². The fraction of sp³-hybridized carbons (Fsp3) is 0.133. The third-order valence-electron chi connectivity index (χ3n) is 2.69. The molecule has 0 heterocycles. The Morgan fingerprint density at radius 2 is 1.22 bits per heavy atom. The van der Waals surface area contributed by atoms with Crippen molar-refractivity contribution in [3.05, 3.63) is 71.8 Å². The van der Waals surface area contributed by atoms with Gasteiger partial charge in [-0.3, -0.25) is 0 Å². The SMILES string of the molecule is O=C([Se])N(Cc1ccccc1)Cc1ccccc1. The first-order valence-corrected chi connectivity index (χ1v) is 6.65. The van der Waals surface area contributed by atoms with Crippen LogP contribution in [0.25, 0.3) is 0 Å². The van der Waals surface area contributed by atoms with Gasteiger partial charge in [0.2, 0.25) is 0 Å². The number of hydrogen-bond donors (Lipinski definition) is 0. The first kappa shape index (κ1) is 12.9. The summed E-state index contributed by atoms with van der Waals surface area (Å²) in [4.78, 5) is 13.4. The summed E-state index contributed by atoms with van der Waals surface area (Å²) >= 11 is 2.57. The van der Waals surface area contributed by atoms with Gasteiger partial charge in [-0.25, -0.2) is 0 Å². The Balaban J connectivity index is 2.08. The van der Waals surface area contributed by atoms with E-state index >= 15 is 0 Å². The van der Waals surface area contributed by atoms with Gasteiger partial charge in [-0.05, 0) is 0 Å². The summed E-state index contributed by atoms with van der Waals surface area (Å²) in [5, 5.41) is 0. The first-order chi connectivity index (χ1) is 8.75. The van der Waals surface area contributed by atoms with Gasteiger partial charge in [0.05, 0.1) is 0 Å². The van der Waals surface area contributed by atoms with Crippen LogP contribution in [-0.4, -0.2) is 25.7 Å². The first-order valence-electron chi connectivity index (χ1n) is 5.79. The molecular formula is C15H14NOSe. The quantitative estimate of drug-likeness (QED) is 0.795. The van der Waals surface area contributed by atoms with Gasteiger partial charge in [0.15, 0.2) is 0 Å². The topological polar surface area (TPSA) is 20.3 Å². The van der Waals surface area contributed by atoms with Crippen molar-refractivity contribution in [2.75, 3.05) is 0 Å². The molecule has 0 aliphatic carbocycles. The summed E-state index contributed by atoms with van der Waals surface area (Å²) in [5.74, 6) is 0. The number of carbonyl (C=O) groups excluding carboxylic acids is 1. The Morgan fingerprint density at radius 1 is 0.833 bits per heavy atom. The van der Waals surface area contributed by atoms with Crippen LogP contribution in [0, 0.1) is 0 Å². The van der Waals surface area contributed by atoms with Crippen LogP contribution in [0.15, 0.2) is 60.7 Å². The summed E-state index contributed by atoms with van der Waals surface area (Å²) in [6.45, 7) is 1.25. The molecule has 2 nitrogen and oxygen atoms in total. The number of amides is 1. The van der Waals surface area contributed by atoms with Crippen LogP contribution in [0.2, 0.25) is 0 Å². The average molecular weight is 303 g/mol. The van der Waals surface area contributed by atoms with E-state index < -0.39 is 0 Å². The van der Waals surface area contributed by atoms with E-state index in [1.54, 1.807) is 4.90 Å². The van der Waals surface area contributed by atoms with E-state index in [0.717, 1.165) is 11.1 Å². The molecule has 0 fully saturated rings. The maximum atomic E-state index is 11.6. The zero-order valence-corrected chi connectivity index (χ0v) is 11.7. The number of hydrogen-bond acceptors (Lipinski definition) is 1. The van der Waals surface area contributed by atoms with Crippen LogP contribution in [0.5, 0.6) is 0 Å². The molecule has 2 rings (SSSR count). The number of carbonyl (C=O) groups is 1. The van der Waals surface area contributed by atoms with Crippen LogP contribution in [-0.2, 0) is 13.1 Å². The molecule has 0 aliphatic heterocycles. The van der Waals surface area contributed by atoms with Gasteiger partial charge >= 0.3 is 115 Å². The number of rotatable bonds is 4. The third kappa shape index (κ3) is 3.73. The molecule has 91 valence electrons. The molecule has 2 aromatic rings. The molecule has 18 heavy (non-hydrogen) atoms. The van der Waals surface area contributed by atoms with Crippen LogP contribution >= 0.6 is 0 Å². The van der Waals surface area contributed by atoms with Crippen molar-refractivity contribution in [1.82, 2.24) is 4.90 Å². The fourth-order valence-corrected chi connectivity index (χ4v) is 2.06. The van der Waals surface area contributed by atoms with Crippen LogP contribution in [0.1, 0.15) is 11.1 Å². The van der Waals surface area contributed by atoms with Crippen molar-refractivity contribution >= 4 is 20.8 Å². The molecule has 1 amide bonds. The molecule has 0 aliphatic rings. The molecule has 0 aromatic heterocycles. The Labute approximate surface area is 115 Å². The minimum atomic E-state index is -0.0253. The Bertz CT molecular complexity index is 457. The van der Waals surface area contributed by atoms with Crippen LogP contribution in [0.3, 0.4) is 0 Å². The molecule has 0 saturated carbocycles. The summed E-state index contributed by atoms with van der Waals surface area (Å²) < 4.78 is 0. The molecule has 0 atom stereocenters. The molecule has 0 bridgehead atoms. The van der Waals surface area contributed by atoms with Crippen LogP contribution in [0.4, 0.5) is 4.79 Å². The Kier molecular flexibility index (Phi) is 4.57. The predicted octanol–water partition coefficient (Wildman–Crippen LogP) is 2.98. The Hall–Kier alpha value is -1.57. The molecule has 0 N–H and O–H groups in total. The summed E-state index contributed by atoms with van der Waals surface area (Å²) in [5.41, 5.74) is 2.27. The van der Waals surface area contributed by atoms with E-state index in [1.165, 1.54) is 0 Å². The third-order valence-corrected chi connectivity index (χ3v) is 3.23. The minimum absolute atomic E-state index is 0.0253. The van der Waals surface area contributed by atoms with Crippen molar-refractivity contribution in [3.63, 3.8) is 0 Å². The average Bonchev–Trinajstić information content (AvgIpc) is 2.40. The fourth-order valence-electron chi connectivity index (χ4n) is 1.79. The molecule has 3 heteroatoms. The molecule has 1 radical (unpaired) electrons. The second-order valence-electron chi connectivity index (χ2n) is 4.09. The van der Waals surface area contributed by atoms with Gasteiger partial charge in [0.25, 0.3) is 0 Å². The monoisotopic (exact) mass is 304 g/mol. The Morgan fingerprint density at radius 3 is 1.56 bits per heavy atom. The standard InChI is InChI=1S/C15H14NOSe/c17-15(18)16(11-13-7-3-1-4-8-13)12-14-9-5-2-6-10-14/h1-10H,11-12H2. The molecule has 0 unspecified atom stereocenters. The van der Waals surface area contributed by atoms with Crippen molar-refractivity contribution in [1.29, 1.82) is 0 Å². The van der Waals surface area contributed by atoms with Crippen molar-refractivity contribution in [2.45, 2.75) is 13.1 Å². The van der Waals surface area contributed by atoms with Gasteiger partial charge in [-0.1, -0.05) is 0 Å². The molecular weight excluding hydrogens is 289 g/mol. The van der Waals surface area contributed by atoms with Crippen LogP contribution < -0.4 is 0 Å². The number of benzene rings is 2. The molecule has 0 saturated heterocycles. The van der Waals surface area contributed by atoms with E-state index in [9.17, 15) is 4.79 Å². The summed E-state index contributed by atoms with van der Waals surface area (Å²) in [7, 11) is 0. The van der Waals surface area contributed by atoms with E-state index in [2.05, 4.69) is 16.0 Å². The van der Waals surface area contributed by atoms with E-state index in [1.807, 2.05) is 60.7 Å². The van der Waals surface area contributed by atoms with Crippen molar-refractivity contribution in [3.8, 4) is 0 Å². The van der Waals surface area contributed by atoms with Crippen molar-refractivity contribution in [2.24, 2.45) is 0 Å². The van der Waals surface area contributed by atoms with E-state index in [0.29, 0.717) is 13.1 Å². The summed E-state index contributed by atoms with van der Waals surface area (Å²) in [6.07, 6.45) is 0. The maximum absolute atomic E-state index is 11.6. The number of nitrogens with zero attached hydrogens (tertiary/aromatic N) is 1. The van der Waals surface area contributed by atoms with E-state index in [4.69, 9.17) is 0 Å². The molecule has 0 spiro atoms. The van der Waals surface area contributed by atoms with Gasteiger partial charge in [-0.15, -0.1) is 0 Å². The normalized spacial score (nSPS) is 10.0.